The van der Waals surface area contributed by atoms with Gasteiger partial charge in [0.05, 0.1) is 5.56 Å². The first-order chi connectivity index (χ1) is 15.6. The third-order valence-corrected chi connectivity index (χ3v) is 6.83. The van der Waals surface area contributed by atoms with E-state index in [1.807, 2.05) is 41.3 Å². The van der Waals surface area contributed by atoms with Gasteiger partial charge in [-0.25, -0.2) is 4.39 Å². The van der Waals surface area contributed by atoms with Crippen molar-refractivity contribution in [1.29, 1.82) is 0 Å². The van der Waals surface area contributed by atoms with Crippen LogP contribution in [0.1, 0.15) is 33.7 Å². The predicted octanol–water partition coefficient (Wildman–Crippen LogP) is 4.45. The number of likely N-dealkylation sites (tertiary alicyclic amines) is 2. The Labute approximate surface area is 186 Å². The van der Waals surface area contributed by atoms with Crippen molar-refractivity contribution < 1.29 is 14.0 Å². The van der Waals surface area contributed by atoms with E-state index in [0.29, 0.717) is 30.6 Å². The number of amides is 2. The molecule has 6 heteroatoms. The van der Waals surface area contributed by atoms with Crippen LogP contribution in [-0.4, -0.2) is 52.8 Å². The number of rotatable bonds is 4. The standard InChI is InChI=1S/C26H26FN3O2/c27-23-15-20(18-5-2-1-3-6-18)8-9-22(23)25(31)30-16-21(17-30)19-10-13-29(14-11-19)26(32)24-7-4-12-28-24/h1-9,12,15,19,21,28H,10-11,13-14,16-17H2. The van der Waals surface area contributed by atoms with Crippen molar-refractivity contribution in [2.24, 2.45) is 11.8 Å². The first-order valence-electron chi connectivity index (χ1n) is 11.2. The zero-order valence-corrected chi connectivity index (χ0v) is 17.8. The number of halogens is 1. The van der Waals surface area contributed by atoms with E-state index in [4.69, 9.17) is 0 Å². The van der Waals surface area contributed by atoms with Crippen LogP contribution < -0.4 is 0 Å². The van der Waals surface area contributed by atoms with E-state index in [-0.39, 0.29) is 17.4 Å². The number of carbonyl (C=O) groups excluding carboxylic acids is 2. The van der Waals surface area contributed by atoms with Crippen LogP contribution in [0.2, 0.25) is 0 Å². The molecule has 1 N–H and O–H groups in total. The second kappa shape index (κ2) is 8.61. The molecule has 0 unspecified atom stereocenters. The number of aromatic amines is 1. The summed E-state index contributed by atoms with van der Waals surface area (Å²) >= 11 is 0. The average Bonchev–Trinajstić information content (AvgIpc) is 3.33. The largest absolute Gasteiger partial charge is 0.357 e. The van der Waals surface area contributed by atoms with Crippen molar-refractivity contribution >= 4 is 11.8 Å². The average molecular weight is 432 g/mol. The number of hydrogen-bond acceptors (Lipinski definition) is 2. The van der Waals surface area contributed by atoms with Crippen LogP contribution in [-0.2, 0) is 0 Å². The minimum absolute atomic E-state index is 0.0493. The lowest BCUT2D eigenvalue weighted by atomic mass is 9.79. The summed E-state index contributed by atoms with van der Waals surface area (Å²) in [7, 11) is 0. The Balaban J connectivity index is 1.15. The number of piperidine rings is 1. The molecule has 0 radical (unpaired) electrons. The van der Waals surface area contributed by atoms with Gasteiger partial charge in [0.1, 0.15) is 11.5 Å². The summed E-state index contributed by atoms with van der Waals surface area (Å²) < 4.78 is 14.7. The summed E-state index contributed by atoms with van der Waals surface area (Å²) in [5.74, 6) is 0.257. The van der Waals surface area contributed by atoms with Crippen molar-refractivity contribution in [3.05, 3.63) is 83.9 Å². The fourth-order valence-corrected chi connectivity index (χ4v) is 4.85. The topological polar surface area (TPSA) is 56.4 Å². The van der Waals surface area contributed by atoms with Gasteiger partial charge in [-0.05, 0) is 60.1 Å². The Morgan fingerprint density at radius 3 is 2.22 bits per heavy atom. The van der Waals surface area contributed by atoms with Crippen LogP contribution in [0, 0.1) is 17.7 Å². The minimum atomic E-state index is -0.476. The molecule has 2 aliphatic rings. The summed E-state index contributed by atoms with van der Waals surface area (Å²) in [5.41, 5.74) is 2.45. The van der Waals surface area contributed by atoms with Gasteiger partial charge in [-0.2, -0.15) is 0 Å². The molecule has 0 bridgehead atoms. The van der Waals surface area contributed by atoms with Gasteiger partial charge < -0.3 is 14.8 Å². The van der Waals surface area contributed by atoms with E-state index < -0.39 is 5.82 Å². The molecule has 5 nitrogen and oxygen atoms in total. The van der Waals surface area contributed by atoms with Gasteiger partial charge in [-0.1, -0.05) is 36.4 Å². The summed E-state index contributed by atoms with van der Waals surface area (Å²) in [5, 5.41) is 0. The van der Waals surface area contributed by atoms with Crippen molar-refractivity contribution in [2.75, 3.05) is 26.2 Å². The van der Waals surface area contributed by atoms with Crippen LogP contribution in [0.3, 0.4) is 0 Å². The normalized spacial score (nSPS) is 17.3. The molecule has 32 heavy (non-hydrogen) atoms. The van der Waals surface area contributed by atoms with Crippen LogP contribution in [0.4, 0.5) is 4.39 Å². The van der Waals surface area contributed by atoms with E-state index in [2.05, 4.69) is 4.98 Å². The third kappa shape index (κ3) is 3.93. The Hall–Kier alpha value is -3.41. The van der Waals surface area contributed by atoms with Crippen molar-refractivity contribution in [3.63, 3.8) is 0 Å². The first-order valence-corrected chi connectivity index (χ1v) is 11.2. The molecule has 1 aromatic heterocycles. The predicted molar refractivity (Wildman–Crippen MR) is 121 cm³/mol. The molecule has 164 valence electrons. The number of nitrogens with zero attached hydrogens (tertiary/aromatic N) is 2. The monoisotopic (exact) mass is 431 g/mol. The molecule has 3 aromatic rings. The lowest BCUT2D eigenvalue weighted by Gasteiger charge is -2.46. The SMILES string of the molecule is O=C(c1ccc[nH]1)N1CCC(C2CN(C(=O)c3ccc(-c4ccccc4)cc3F)C2)CC1. The summed E-state index contributed by atoms with van der Waals surface area (Å²) in [6.07, 6.45) is 3.65. The maximum atomic E-state index is 14.7. The fraction of sp³-hybridized carbons (Fsp3) is 0.308. The smallest absolute Gasteiger partial charge is 0.270 e. The molecule has 0 saturated carbocycles. The highest BCUT2D eigenvalue weighted by atomic mass is 19.1. The van der Waals surface area contributed by atoms with Crippen LogP contribution >= 0.6 is 0 Å². The van der Waals surface area contributed by atoms with Gasteiger partial charge in [0.15, 0.2) is 0 Å². The quantitative estimate of drug-likeness (QED) is 0.664. The zero-order valence-electron chi connectivity index (χ0n) is 17.8. The summed E-state index contributed by atoms with van der Waals surface area (Å²) in [4.78, 5) is 31.9. The Bertz CT molecular complexity index is 1100. The molecule has 2 fully saturated rings. The number of benzene rings is 2. The maximum Gasteiger partial charge on any atom is 0.270 e. The van der Waals surface area contributed by atoms with Crippen molar-refractivity contribution in [2.45, 2.75) is 12.8 Å². The van der Waals surface area contributed by atoms with E-state index >= 15 is 0 Å². The molecule has 0 spiro atoms. The molecule has 2 aliphatic heterocycles. The van der Waals surface area contributed by atoms with Crippen LogP contribution in [0.5, 0.6) is 0 Å². The number of hydrogen-bond donors (Lipinski definition) is 1. The van der Waals surface area contributed by atoms with Gasteiger partial charge in [-0.15, -0.1) is 0 Å². The number of H-pyrrole nitrogens is 1. The number of aromatic nitrogens is 1. The summed E-state index contributed by atoms with van der Waals surface area (Å²) in [6, 6.07) is 18.1. The third-order valence-electron chi connectivity index (χ3n) is 6.83. The van der Waals surface area contributed by atoms with Gasteiger partial charge >= 0.3 is 0 Å². The Morgan fingerprint density at radius 2 is 1.56 bits per heavy atom. The highest BCUT2D eigenvalue weighted by molar-refractivity contribution is 5.95. The maximum absolute atomic E-state index is 14.7. The van der Waals surface area contributed by atoms with E-state index in [1.54, 1.807) is 29.3 Å². The molecule has 2 saturated heterocycles. The second-order valence-electron chi connectivity index (χ2n) is 8.74. The zero-order chi connectivity index (χ0) is 22.1. The Kier molecular flexibility index (Phi) is 5.52. The lowest BCUT2D eigenvalue weighted by molar-refractivity contribution is 0.0224. The second-order valence-corrected chi connectivity index (χ2v) is 8.74. The van der Waals surface area contributed by atoms with Crippen molar-refractivity contribution in [3.8, 4) is 11.1 Å². The molecular formula is C26H26FN3O2. The molecule has 3 heterocycles. The first kappa shape index (κ1) is 20.5. The molecule has 2 amide bonds. The van der Waals surface area contributed by atoms with Crippen molar-refractivity contribution in [1.82, 2.24) is 14.8 Å². The molecular weight excluding hydrogens is 405 g/mol. The van der Waals surface area contributed by atoms with Gasteiger partial charge in [-0.3, -0.25) is 9.59 Å². The molecule has 0 atom stereocenters. The van der Waals surface area contributed by atoms with E-state index in [9.17, 15) is 14.0 Å². The molecule has 0 aliphatic carbocycles. The van der Waals surface area contributed by atoms with E-state index in [0.717, 1.165) is 37.1 Å². The minimum Gasteiger partial charge on any atom is -0.357 e. The van der Waals surface area contributed by atoms with Gasteiger partial charge in [0.2, 0.25) is 0 Å². The highest BCUT2D eigenvalue weighted by Gasteiger charge is 2.39. The van der Waals surface area contributed by atoms with E-state index in [1.165, 1.54) is 6.07 Å². The molecule has 5 rings (SSSR count). The van der Waals surface area contributed by atoms with Crippen LogP contribution in [0.15, 0.2) is 66.9 Å². The van der Waals surface area contributed by atoms with Gasteiger partial charge in [0, 0.05) is 32.4 Å². The number of nitrogens with one attached hydrogen (secondary N) is 1. The van der Waals surface area contributed by atoms with Gasteiger partial charge in [0.25, 0.3) is 11.8 Å². The highest BCUT2D eigenvalue weighted by Crippen LogP contribution is 2.33. The fourth-order valence-electron chi connectivity index (χ4n) is 4.85. The van der Waals surface area contributed by atoms with Crippen LogP contribution in [0.25, 0.3) is 11.1 Å². The molecule has 2 aromatic carbocycles. The lowest BCUT2D eigenvalue weighted by Crippen LogP contribution is -2.54. The summed E-state index contributed by atoms with van der Waals surface area (Å²) in [6.45, 7) is 2.80. The number of carbonyl (C=O) groups is 2. The Morgan fingerprint density at radius 1 is 0.812 bits per heavy atom.